The topological polar surface area (TPSA) is 105 Å². The van der Waals surface area contributed by atoms with Gasteiger partial charge in [0.2, 0.25) is 12.5 Å². The number of fused-ring (bicyclic) bond motifs is 1. The van der Waals surface area contributed by atoms with E-state index in [0.29, 0.717) is 46.4 Å². The molecule has 0 amide bonds. The van der Waals surface area contributed by atoms with E-state index >= 15 is 0 Å². The van der Waals surface area contributed by atoms with E-state index in [1.165, 1.54) is 27.4 Å². The molecule has 1 aliphatic heterocycles. The molecule has 4 rings (SSSR count). The lowest BCUT2D eigenvalue weighted by atomic mass is 9.83. The molecular formula is C30H35NO8. The molecule has 0 fully saturated rings. The van der Waals surface area contributed by atoms with Crippen LogP contribution in [0.25, 0.3) is 0 Å². The van der Waals surface area contributed by atoms with Crippen LogP contribution in [0.1, 0.15) is 43.4 Å². The normalized spacial score (nSPS) is 13.9. The number of carbonyl (C=O) groups excluding carboxylic acids is 1. The van der Waals surface area contributed by atoms with Crippen molar-refractivity contribution in [3.63, 3.8) is 0 Å². The first-order valence-corrected chi connectivity index (χ1v) is 12.6. The summed E-state index contributed by atoms with van der Waals surface area (Å²) in [6, 6.07) is 15.5. The van der Waals surface area contributed by atoms with E-state index in [4.69, 9.17) is 28.4 Å². The van der Waals surface area contributed by atoms with Crippen LogP contribution in [0.2, 0.25) is 0 Å². The highest BCUT2D eigenvalue weighted by molar-refractivity contribution is 5.79. The molecule has 39 heavy (non-hydrogen) atoms. The zero-order valence-corrected chi connectivity index (χ0v) is 23.1. The van der Waals surface area contributed by atoms with Gasteiger partial charge in [-0.1, -0.05) is 30.3 Å². The lowest BCUT2D eigenvalue weighted by Gasteiger charge is -2.31. The van der Waals surface area contributed by atoms with Crippen molar-refractivity contribution in [3.8, 4) is 34.5 Å². The molecule has 2 N–H and O–H groups in total. The number of rotatable bonds is 10. The minimum atomic E-state index is -0.932. The van der Waals surface area contributed by atoms with Gasteiger partial charge < -0.3 is 33.5 Å². The Hall–Kier alpha value is -4.11. The number of carbonyl (C=O) groups is 1. The van der Waals surface area contributed by atoms with Crippen LogP contribution in [-0.4, -0.2) is 50.8 Å². The number of hydrogen-bond acceptors (Lipinski definition) is 9. The van der Waals surface area contributed by atoms with Gasteiger partial charge in [0.1, 0.15) is 17.4 Å². The molecule has 0 bridgehead atoms. The predicted molar refractivity (Wildman–Crippen MR) is 145 cm³/mol. The highest BCUT2D eigenvalue weighted by atomic mass is 16.7. The third-order valence-electron chi connectivity index (χ3n) is 6.27. The van der Waals surface area contributed by atoms with Crippen LogP contribution >= 0.6 is 0 Å². The lowest BCUT2D eigenvalue weighted by molar-refractivity contribution is -0.158. The molecule has 1 aliphatic rings. The Morgan fingerprint density at radius 3 is 2.13 bits per heavy atom. The summed E-state index contributed by atoms with van der Waals surface area (Å²) >= 11 is 0. The summed E-state index contributed by atoms with van der Waals surface area (Å²) in [6.45, 7) is 5.84. The van der Waals surface area contributed by atoms with Crippen LogP contribution < -0.4 is 29.0 Å². The van der Waals surface area contributed by atoms with Crippen molar-refractivity contribution in [1.29, 1.82) is 0 Å². The largest absolute Gasteiger partial charge is 0.508 e. The van der Waals surface area contributed by atoms with E-state index in [1.807, 2.05) is 51.1 Å². The van der Waals surface area contributed by atoms with Crippen molar-refractivity contribution in [1.82, 2.24) is 5.32 Å². The molecule has 1 heterocycles. The zero-order chi connectivity index (χ0) is 28.2. The number of aromatic hydroxyl groups is 1. The number of hydrogen-bond donors (Lipinski definition) is 2. The molecule has 0 aromatic heterocycles. The van der Waals surface area contributed by atoms with Crippen LogP contribution in [0.15, 0.2) is 54.6 Å². The Balaban J connectivity index is 1.91. The van der Waals surface area contributed by atoms with Crippen molar-refractivity contribution in [2.45, 2.75) is 44.9 Å². The molecule has 208 valence electrons. The highest BCUT2D eigenvalue weighted by Gasteiger charge is 2.38. The minimum absolute atomic E-state index is 0.0365. The van der Waals surface area contributed by atoms with Gasteiger partial charge in [-0.2, -0.15) is 0 Å². The summed E-state index contributed by atoms with van der Waals surface area (Å²) < 4.78 is 33.7. The van der Waals surface area contributed by atoms with Crippen LogP contribution in [0.5, 0.6) is 34.5 Å². The molecule has 0 spiro atoms. The summed E-state index contributed by atoms with van der Waals surface area (Å²) in [5.41, 5.74) is 1.28. The monoisotopic (exact) mass is 537 g/mol. The zero-order valence-electron chi connectivity index (χ0n) is 23.1. The molecule has 0 saturated carbocycles. The van der Waals surface area contributed by atoms with E-state index in [2.05, 4.69) is 5.32 Å². The predicted octanol–water partition coefficient (Wildman–Crippen LogP) is 4.78. The first-order chi connectivity index (χ1) is 18.6. The Morgan fingerprint density at radius 2 is 1.56 bits per heavy atom. The smallest absolute Gasteiger partial charge is 0.324 e. The first kappa shape index (κ1) is 27.9. The van der Waals surface area contributed by atoms with Crippen molar-refractivity contribution < 1.29 is 38.3 Å². The lowest BCUT2D eigenvalue weighted by Crippen LogP contribution is -2.45. The Bertz CT molecular complexity index is 1280. The molecule has 0 aliphatic carbocycles. The second kappa shape index (κ2) is 11.7. The Kier molecular flexibility index (Phi) is 8.40. The van der Waals surface area contributed by atoms with Crippen molar-refractivity contribution >= 4 is 5.97 Å². The molecule has 3 aromatic carbocycles. The summed E-state index contributed by atoms with van der Waals surface area (Å²) in [6.07, 6.45) is 0. The second-order valence-electron chi connectivity index (χ2n) is 10.1. The number of ether oxygens (including phenoxy) is 6. The maximum atomic E-state index is 13.8. The standard InChI is InChI=1S/C30H35NO8/c1-30(2,3)39-29(33)27(31-16-18-10-8-7-9-11-18)26(20-14-22-23(15-21(20)32)38-17-37-22)19-12-24(34-4)28(36-6)25(13-19)35-5/h7-15,26-27,31-32H,16-17H2,1-6H3/t26-,27+/m1/s1. The van der Waals surface area contributed by atoms with E-state index in [0.717, 1.165) is 5.56 Å². The van der Waals surface area contributed by atoms with Gasteiger partial charge in [0.05, 0.1) is 21.3 Å². The fourth-order valence-electron chi connectivity index (χ4n) is 4.55. The molecule has 0 saturated heterocycles. The van der Waals surface area contributed by atoms with Gasteiger partial charge in [0.25, 0.3) is 0 Å². The molecule has 9 heteroatoms. The molecular weight excluding hydrogens is 502 g/mol. The maximum Gasteiger partial charge on any atom is 0.324 e. The summed E-state index contributed by atoms with van der Waals surface area (Å²) in [4.78, 5) is 13.8. The van der Waals surface area contributed by atoms with Crippen LogP contribution in [0, 0.1) is 0 Å². The van der Waals surface area contributed by atoms with Gasteiger partial charge in [-0.05, 0) is 50.1 Å². The average molecular weight is 538 g/mol. The third-order valence-corrected chi connectivity index (χ3v) is 6.27. The van der Waals surface area contributed by atoms with E-state index in [1.54, 1.807) is 18.2 Å². The van der Waals surface area contributed by atoms with Gasteiger partial charge in [-0.15, -0.1) is 0 Å². The number of benzene rings is 3. The summed E-state index contributed by atoms with van der Waals surface area (Å²) in [5, 5.41) is 14.6. The minimum Gasteiger partial charge on any atom is -0.508 e. The summed E-state index contributed by atoms with van der Waals surface area (Å²) in [5.74, 6) is 0.793. The van der Waals surface area contributed by atoms with Gasteiger partial charge in [-0.25, -0.2) is 0 Å². The molecule has 9 nitrogen and oxygen atoms in total. The second-order valence-corrected chi connectivity index (χ2v) is 10.1. The van der Waals surface area contributed by atoms with Gasteiger partial charge in [0, 0.05) is 24.1 Å². The van der Waals surface area contributed by atoms with Crippen molar-refractivity contribution in [2.24, 2.45) is 0 Å². The molecule has 3 aromatic rings. The highest BCUT2D eigenvalue weighted by Crippen LogP contribution is 2.47. The number of nitrogens with one attached hydrogen (secondary N) is 1. The first-order valence-electron chi connectivity index (χ1n) is 12.6. The van der Waals surface area contributed by atoms with E-state index < -0.39 is 23.5 Å². The van der Waals surface area contributed by atoms with Crippen LogP contribution in [0.4, 0.5) is 0 Å². The van der Waals surface area contributed by atoms with Crippen molar-refractivity contribution in [3.05, 3.63) is 71.3 Å². The van der Waals surface area contributed by atoms with Gasteiger partial charge >= 0.3 is 5.97 Å². The summed E-state index contributed by atoms with van der Waals surface area (Å²) in [7, 11) is 4.56. The average Bonchev–Trinajstić information content (AvgIpc) is 3.36. The fraction of sp³-hybridized carbons (Fsp3) is 0.367. The third kappa shape index (κ3) is 6.31. The SMILES string of the molecule is COc1cc([C@H](c2cc3c(cc2O)OCO3)[C@H](NCc2ccccc2)C(=O)OC(C)(C)C)cc(OC)c1OC. The molecule has 0 unspecified atom stereocenters. The number of phenolic OH excluding ortho intramolecular Hbond substituents is 1. The van der Waals surface area contributed by atoms with Crippen LogP contribution in [0.3, 0.4) is 0 Å². The van der Waals surface area contributed by atoms with Gasteiger partial charge in [-0.3, -0.25) is 10.1 Å². The quantitative estimate of drug-likeness (QED) is 0.354. The number of methoxy groups -OCH3 is 3. The Morgan fingerprint density at radius 1 is 0.949 bits per heavy atom. The molecule has 2 atom stereocenters. The maximum absolute atomic E-state index is 13.8. The fourth-order valence-corrected chi connectivity index (χ4v) is 4.55. The molecule has 0 radical (unpaired) electrons. The Labute approximate surface area is 228 Å². The van der Waals surface area contributed by atoms with Gasteiger partial charge in [0.15, 0.2) is 23.0 Å². The van der Waals surface area contributed by atoms with E-state index in [-0.39, 0.29) is 12.5 Å². The number of phenols is 1. The van der Waals surface area contributed by atoms with Crippen LogP contribution in [-0.2, 0) is 16.1 Å². The van der Waals surface area contributed by atoms with E-state index in [9.17, 15) is 9.90 Å². The van der Waals surface area contributed by atoms with Crippen molar-refractivity contribution in [2.75, 3.05) is 28.1 Å². The number of esters is 1.